The van der Waals surface area contributed by atoms with Gasteiger partial charge in [-0.2, -0.15) is 0 Å². The molecule has 0 saturated carbocycles. The molecule has 1 saturated heterocycles. The maximum Gasteiger partial charge on any atom is 0.318 e. The van der Waals surface area contributed by atoms with Gasteiger partial charge in [0, 0.05) is 13.5 Å². The average Bonchev–Trinajstić information content (AvgIpc) is 2.99. The summed E-state index contributed by atoms with van der Waals surface area (Å²) in [5.74, 6) is -1.40. The monoisotopic (exact) mass is 281 g/mol. The van der Waals surface area contributed by atoms with Crippen molar-refractivity contribution in [2.45, 2.75) is 25.5 Å². The number of aromatic nitrogens is 2. The van der Waals surface area contributed by atoms with Crippen LogP contribution in [0.5, 0.6) is 0 Å². The summed E-state index contributed by atoms with van der Waals surface area (Å²) in [5, 5.41) is 17.5. The lowest BCUT2D eigenvalue weighted by Crippen LogP contribution is -2.24. The summed E-state index contributed by atoms with van der Waals surface area (Å²) in [5.41, 5.74) is 0.566. The van der Waals surface area contributed by atoms with Gasteiger partial charge in [-0.3, -0.25) is 0 Å². The van der Waals surface area contributed by atoms with Gasteiger partial charge in [-0.1, -0.05) is 11.2 Å². The van der Waals surface area contributed by atoms with Crippen LogP contribution in [0.25, 0.3) is 0 Å². The Morgan fingerprint density at radius 2 is 2.10 bits per heavy atom. The van der Waals surface area contributed by atoms with Gasteiger partial charge >= 0.3 is 6.01 Å². The molecular weight excluding hydrogens is 268 g/mol. The molecule has 0 amide bonds. The molecule has 0 radical (unpaired) electrons. The van der Waals surface area contributed by atoms with Gasteiger partial charge in [-0.25, -0.2) is 8.78 Å². The first kappa shape index (κ1) is 13.0. The fourth-order valence-electron chi connectivity index (χ4n) is 2.46. The van der Waals surface area contributed by atoms with Crippen molar-refractivity contribution < 1.29 is 18.3 Å². The molecule has 0 aliphatic carbocycles. The number of nitrogens with zero attached hydrogens (tertiary/aromatic N) is 3. The van der Waals surface area contributed by atoms with Crippen molar-refractivity contribution in [1.82, 2.24) is 10.2 Å². The highest BCUT2D eigenvalue weighted by atomic mass is 19.2. The molecule has 0 bridgehead atoms. The SMILES string of the molecule is Cc1nnc(N2C[C@H](O)C[C@H]2c2ccc(F)c(F)c2)o1. The third-order valence-electron chi connectivity index (χ3n) is 3.37. The molecule has 5 nitrogen and oxygen atoms in total. The minimum atomic E-state index is -0.912. The van der Waals surface area contributed by atoms with E-state index in [4.69, 9.17) is 4.42 Å². The van der Waals surface area contributed by atoms with Crippen LogP contribution in [-0.4, -0.2) is 28.0 Å². The average molecular weight is 281 g/mol. The summed E-state index contributed by atoms with van der Waals surface area (Å²) >= 11 is 0. The zero-order chi connectivity index (χ0) is 14.3. The normalized spacial score (nSPS) is 22.5. The first-order chi connectivity index (χ1) is 9.54. The highest BCUT2D eigenvalue weighted by Gasteiger charge is 2.35. The zero-order valence-electron chi connectivity index (χ0n) is 10.8. The summed E-state index contributed by atoms with van der Waals surface area (Å²) in [6.45, 7) is 1.97. The standard InChI is InChI=1S/C13H13F2N3O2/c1-7-16-17-13(20-7)18-6-9(19)5-12(18)8-2-3-10(14)11(15)4-8/h2-4,9,12,19H,5-6H2,1H3/t9-,12+/m1/s1. The van der Waals surface area contributed by atoms with Crippen LogP contribution >= 0.6 is 0 Å². The topological polar surface area (TPSA) is 62.4 Å². The number of aliphatic hydroxyl groups excluding tert-OH is 1. The van der Waals surface area contributed by atoms with Crippen molar-refractivity contribution in [2.24, 2.45) is 0 Å². The van der Waals surface area contributed by atoms with Crippen LogP contribution in [0.3, 0.4) is 0 Å². The summed E-state index contributed by atoms with van der Waals surface area (Å²) in [6, 6.07) is 3.66. The smallest absolute Gasteiger partial charge is 0.318 e. The van der Waals surface area contributed by atoms with Crippen LogP contribution in [0.2, 0.25) is 0 Å². The van der Waals surface area contributed by atoms with Crippen LogP contribution in [0.4, 0.5) is 14.8 Å². The maximum absolute atomic E-state index is 13.4. The molecule has 7 heteroatoms. The lowest BCUT2D eigenvalue weighted by Gasteiger charge is -2.22. The van der Waals surface area contributed by atoms with E-state index in [1.165, 1.54) is 6.07 Å². The molecule has 20 heavy (non-hydrogen) atoms. The predicted molar refractivity (Wildman–Crippen MR) is 66.1 cm³/mol. The quantitative estimate of drug-likeness (QED) is 0.911. The molecule has 0 spiro atoms. The van der Waals surface area contributed by atoms with Gasteiger partial charge in [-0.15, -0.1) is 5.10 Å². The van der Waals surface area contributed by atoms with E-state index in [1.807, 2.05) is 0 Å². The number of hydrogen-bond donors (Lipinski definition) is 1. The fraction of sp³-hybridized carbons (Fsp3) is 0.385. The molecule has 1 aromatic heterocycles. The van der Waals surface area contributed by atoms with E-state index in [0.717, 1.165) is 12.1 Å². The Labute approximate surface area is 113 Å². The van der Waals surface area contributed by atoms with Gasteiger partial charge in [0.15, 0.2) is 11.6 Å². The van der Waals surface area contributed by atoms with Crippen molar-refractivity contribution in [1.29, 1.82) is 0 Å². The minimum absolute atomic E-state index is 0.272. The largest absolute Gasteiger partial charge is 0.408 e. The number of hydrogen-bond acceptors (Lipinski definition) is 5. The number of halogens is 2. The van der Waals surface area contributed by atoms with Crippen LogP contribution in [0.15, 0.2) is 22.6 Å². The molecule has 1 N–H and O–H groups in total. The molecule has 0 unspecified atom stereocenters. The van der Waals surface area contributed by atoms with Gasteiger partial charge in [0.2, 0.25) is 5.89 Å². The molecule has 1 fully saturated rings. The van der Waals surface area contributed by atoms with Crippen LogP contribution in [0, 0.1) is 18.6 Å². The number of benzene rings is 1. The maximum atomic E-state index is 13.4. The second-order valence-electron chi connectivity index (χ2n) is 4.83. The van der Waals surface area contributed by atoms with Crippen LogP contribution < -0.4 is 4.90 Å². The van der Waals surface area contributed by atoms with E-state index in [2.05, 4.69) is 10.2 Å². The van der Waals surface area contributed by atoms with Crippen molar-refractivity contribution in [3.05, 3.63) is 41.3 Å². The van der Waals surface area contributed by atoms with Gasteiger partial charge < -0.3 is 14.4 Å². The molecule has 2 atom stereocenters. The predicted octanol–water partition coefficient (Wildman–Crippen LogP) is 1.97. The molecule has 1 aliphatic heterocycles. The Hall–Kier alpha value is -2.02. The Kier molecular flexibility index (Phi) is 3.13. The van der Waals surface area contributed by atoms with E-state index in [-0.39, 0.29) is 12.1 Å². The Balaban J connectivity index is 1.95. The third-order valence-corrected chi connectivity index (χ3v) is 3.37. The lowest BCUT2D eigenvalue weighted by molar-refractivity contribution is 0.194. The molecule has 2 heterocycles. The van der Waals surface area contributed by atoms with Crippen molar-refractivity contribution in [3.63, 3.8) is 0 Å². The number of anilines is 1. The molecule has 1 aromatic carbocycles. The number of rotatable bonds is 2. The van der Waals surface area contributed by atoms with E-state index >= 15 is 0 Å². The summed E-state index contributed by atoms with van der Waals surface area (Å²) in [4.78, 5) is 1.71. The lowest BCUT2D eigenvalue weighted by atomic mass is 10.0. The minimum Gasteiger partial charge on any atom is -0.408 e. The molecular formula is C13H13F2N3O2. The first-order valence-corrected chi connectivity index (χ1v) is 6.24. The summed E-state index contributed by atoms with van der Waals surface area (Å²) < 4.78 is 31.7. The highest BCUT2D eigenvalue weighted by Crippen LogP contribution is 2.35. The van der Waals surface area contributed by atoms with Crippen LogP contribution in [0.1, 0.15) is 23.9 Å². The molecule has 3 rings (SSSR count). The van der Waals surface area contributed by atoms with Crippen molar-refractivity contribution >= 4 is 6.01 Å². The Morgan fingerprint density at radius 3 is 2.75 bits per heavy atom. The molecule has 106 valence electrons. The zero-order valence-corrected chi connectivity index (χ0v) is 10.8. The number of aryl methyl sites for hydroxylation is 1. The third kappa shape index (κ3) is 2.24. The second kappa shape index (κ2) is 4.82. The van der Waals surface area contributed by atoms with Gasteiger partial charge in [0.25, 0.3) is 0 Å². The Bertz CT molecular complexity index is 632. The second-order valence-corrected chi connectivity index (χ2v) is 4.83. The van der Waals surface area contributed by atoms with E-state index in [9.17, 15) is 13.9 Å². The van der Waals surface area contributed by atoms with Gasteiger partial charge in [0.1, 0.15) is 0 Å². The van der Waals surface area contributed by atoms with Crippen LogP contribution in [-0.2, 0) is 0 Å². The molecule has 2 aromatic rings. The Morgan fingerprint density at radius 1 is 1.30 bits per heavy atom. The van der Waals surface area contributed by atoms with Crippen molar-refractivity contribution in [3.8, 4) is 0 Å². The highest BCUT2D eigenvalue weighted by molar-refractivity contribution is 5.37. The van der Waals surface area contributed by atoms with E-state index in [1.54, 1.807) is 11.8 Å². The van der Waals surface area contributed by atoms with E-state index in [0.29, 0.717) is 24.4 Å². The van der Waals surface area contributed by atoms with Crippen molar-refractivity contribution in [2.75, 3.05) is 11.4 Å². The fourth-order valence-corrected chi connectivity index (χ4v) is 2.46. The first-order valence-electron chi connectivity index (χ1n) is 6.24. The summed E-state index contributed by atoms with van der Waals surface area (Å²) in [7, 11) is 0. The summed E-state index contributed by atoms with van der Waals surface area (Å²) in [6.07, 6.45) is -0.188. The molecule has 1 aliphatic rings. The van der Waals surface area contributed by atoms with Gasteiger partial charge in [0.05, 0.1) is 12.1 Å². The number of β-amino-alcohol motifs (C(OH)–C–C–N with tert-alkyl or cyclic N) is 1. The van der Waals surface area contributed by atoms with E-state index < -0.39 is 17.7 Å². The van der Waals surface area contributed by atoms with Gasteiger partial charge in [-0.05, 0) is 24.1 Å². The number of aliphatic hydroxyl groups is 1.